The molecule has 0 radical (unpaired) electrons. The van der Waals surface area contributed by atoms with E-state index in [9.17, 15) is 0 Å². The van der Waals surface area contributed by atoms with Gasteiger partial charge in [-0.3, -0.25) is 9.80 Å². The predicted octanol–water partition coefficient (Wildman–Crippen LogP) is 4.92. The van der Waals surface area contributed by atoms with Crippen molar-refractivity contribution in [3.05, 3.63) is 48.6 Å². The second-order valence-electron chi connectivity index (χ2n) is 11.2. The van der Waals surface area contributed by atoms with Crippen molar-refractivity contribution in [2.24, 2.45) is 17.6 Å². The quantitative estimate of drug-likeness (QED) is 0.630. The first-order chi connectivity index (χ1) is 13.6. The molecule has 29 heavy (non-hydrogen) atoms. The lowest BCUT2D eigenvalue weighted by Gasteiger charge is -2.49. The Morgan fingerprint density at radius 2 is 1.24 bits per heavy atom. The molecule has 5 atom stereocenters. The molecule has 0 saturated carbocycles. The highest BCUT2D eigenvalue weighted by molar-refractivity contribution is 5.21. The summed E-state index contributed by atoms with van der Waals surface area (Å²) in [6.45, 7) is 16.0. The second-order valence-corrected chi connectivity index (χ2v) is 11.2. The molecule has 0 spiro atoms. The van der Waals surface area contributed by atoms with Crippen LogP contribution < -0.4 is 5.73 Å². The summed E-state index contributed by atoms with van der Waals surface area (Å²) in [5.74, 6) is 1.37. The van der Waals surface area contributed by atoms with E-state index in [-0.39, 0.29) is 5.54 Å². The Balaban J connectivity index is 0.000000166. The zero-order valence-corrected chi connectivity index (χ0v) is 19.5. The van der Waals surface area contributed by atoms with Crippen molar-refractivity contribution >= 4 is 0 Å². The first-order valence-electron chi connectivity index (χ1n) is 11.6. The molecule has 5 unspecified atom stereocenters. The summed E-state index contributed by atoms with van der Waals surface area (Å²) in [4.78, 5) is 5.17. The van der Waals surface area contributed by atoms with Crippen LogP contribution in [-0.4, -0.2) is 52.1 Å². The SMILES string of the molecule is CC(C)(C)N1CC(N)CC2C=CC=CC21.CC(C)(C)N1CCCC2C=CC=CC21. The normalized spacial score (nSPS) is 34.9. The number of hydrogen-bond acceptors (Lipinski definition) is 3. The van der Waals surface area contributed by atoms with E-state index in [1.807, 2.05) is 0 Å². The van der Waals surface area contributed by atoms with Gasteiger partial charge in [-0.25, -0.2) is 0 Å². The van der Waals surface area contributed by atoms with E-state index >= 15 is 0 Å². The zero-order valence-electron chi connectivity index (χ0n) is 19.5. The number of rotatable bonds is 0. The van der Waals surface area contributed by atoms with Gasteiger partial charge in [-0.1, -0.05) is 48.6 Å². The Labute approximate surface area is 179 Å². The highest BCUT2D eigenvalue weighted by Crippen LogP contribution is 2.33. The first kappa shape index (κ1) is 22.5. The fourth-order valence-electron chi connectivity index (χ4n) is 5.39. The predicted molar refractivity (Wildman–Crippen MR) is 126 cm³/mol. The third kappa shape index (κ3) is 5.51. The molecule has 2 fully saturated rings. The Bertz CT molecular complexity index is 658. The van der Waals surface area contributed by atoms with Crippen molar-refractivity contribution in [1.82, 2.24) is 9.80 Å². The topological polar surface area (TPSA) is 32.5 Å². The summed E-state index contributed by atoms with van der Waals surface area (Å²) in [6.07, 6.45) is 21.9. The van der Waals surface area contributed by atoms with E-state index in [0.717, 1.165) is 18.9 Å². The minimum absolute atomic E-state index is 0.205. The van der Waals surface area contributed by atoms with Gasteiger partial charge >= 0.3 is 0 Å². The van der Waals surface area contributed by atoms with Gasteiger partial charge < -0.3 is 5.73 Å². The van der Waals surface area contributed by atoms with E-state index in [1.54, 1.807) is 0 Å². The van der Waals surface area contributed by atoms with Crippen molar-refractivity contribution in [2.75, 3.05) is 13.1 Å². The van der Waals surface area contributed by atoms with Crippen LogP contribution >= 0.6 is 0 Å². The Hall–Kier alpha value is -1.16. The average molecular weight is 398 g/mol. The van der Waals surface area contributed by atoms with Gasteiger partial charge in [0, 0.05) is 35.7 Å². The summed E-state index contributed by atoms with van der Waals surface area (Å²) in [6, 6.07) is 1.52. The molecule has 0 aromatic heterocycles. The fourth-order valence-corrected chi connectivity index (χ4v) is 5.39. The number of fused-ring (bicyclic) bond motifs is 2. The van der Waals surface area contributed by atoms with Crippen LogP contribution in [0.1, 0.15) is 60.8 Å². The summed E-state index contributed by atoms with van der Waals surface area (Å²) in [5, 5.41) is 0. The summed E-state index contributed by atoms with van der Waals surface area (Å²) < 4.78 is 0. The molecule has 0 amide bonds. The molecule has 2 heterocycles. The zero-order chi connectivity index (χ0) is 21.2. The molecular weight excluding hydrogens is 354 g/mol. The molecule has 3 nitrogen and oxygen atoms in total. The minimum Gasteiger partial charge on any atom is -0.327 e. The van der Waals surface area contributed by atoms with Crippen molar-refractivity contribution in [3.63, 3.8) is 0 Å². The summed E-state index contributed by atoms with van der Waals surface area (Å²) in [7, 11) is 0. The van der Waals surface area contributed by atoms with Gasteiger partial charge in [0.2, 0.25) is 0 Å². The lowest BCUT2D eigenvalue weighted by molar-refractivity contribution is 0.0426. The number of hydrogen-bond donors (Lipinski definition) is 1. The van der Waals surface area contributed by atoms with E-state index < -0.39 is 0 Å². The molecule has 3 heteroatoms. The highest BCUT2D eigenvalue weighted by Gasteiger charge is 2.38. The number of nitrogens with zero attached hydrogens (tertiary/aromatic N) is 2. The molecule has 4 rings (SSSR count). The van der Waals surface area contributed by atoms with Crippen LogP contribution in [0.4, 0.5) is 0 Å². The van der Waals surface area contributed by atoms with E-state index in [2.05, 4.69) is 100.0 Å². The molecule has 2 aliphatic heterocycles. The molecule has 0 aromatic carbocycles. The molecule has 2 aliphatic carbocycles. The third-order valence-corrected chi connectivity index (χ3v) is 6.82. The standard InChI is InChI=1S/C13H22N2.C13H21N/c1-13(2,3)15-9-11(14)8-10-6-4-5-7-12(10)15;1-13(2,3)14-10-6-8-11-7-4-5-9-12(11)14/h4-7,10-12H,8-9,14H2,1-3H3;4-5,7,9,11-12H,6,8,10H2,1-3H3. The van der Waals surface area contributed by atoms with Crippen molar-refractivity contribution in [1.29, 1.82) is 0 Å². The largest absolute Gasteiger partial charge is 0.327 e. The summed E-state index contributed by atoms with van der Waals surface area (Å²) in [5.41, 5.74) is 6.64. The van der Waals surface area contributed by atoms with E-state index in [0.29, 0.717) is 29.6 Å². The number of allylic oxidation sites excluding steroid dienone is 4. The maximum Gasteiger partial charge on any atom is 0.0350 e. The maximum absolute atomic E-state index is 6.13. The van der Waals surface area contributed by atoms with Gasteiger partial charge in [-0.2, -0.15) is 0 Å². The Morgan fingerprint density at radius 1 is 0.724 bits per heavy atom. The maximum atomic E-state index is 6.13. The van der Waals surface area contributed by atoms with Crippen LogP contribution in [0.2, 0.25) is 0 Å². The van der Waals surface area contributed by atoms with E-state index in [1.165, 1.54) is 19.4 Å². The third-order valence-electron chi connectivity index (χ3n) is 6.82. The Kier molecular flexibility index (Phi) is 6.92. The monoisotopic (exact) mass is 397 g/mol. The van der Waals surface area contributed by atoms with Crippen LogP contribution in [0.5, 0.6) is 0 Å². The van der Waals surface area contributed by atoms with E-state index in [4.69, 9.17) is 5.73 Å². The van der Waals surface area contributed by atoms with Crippen LogP contribution in [0.3, 0.4) is 0 Å². The summed E-state index contributed by atoms with van der Waals surface area (Å²) >= 11 is 0. The number of likely N-dealkylation sites (tertiary alicyclic amines) is 2. The molecule has 2 N–H and O–H groups in total. The lowest BCUT2D eigenvalue weighted by atomic mass is 9.81. The molecule has 0 aromatic rings. The van der Waals surface area contributed by atoms with Crippen LogP contribution in [0.15, 0.2) is 48.6 Å². The van der Waals surface area contributed by atoms with Gasteiger partial charge in [0.1, 0.15) is 0 Å². The van der Waals surface area contributed by atoms with Crippen molar-refractivity contribution in [2.45, 2.75) is 90.0 Å². The average Bonchev–Trinajstić information content (AvgIpc) is 2.66. The number of nitrogens with two attached hydrogens (primary N) is 1. The first-order valence-corrected chi connectivity index (χ1v) is 11.6. The number of piperidine rings is 2. The van der Waals surface area contributed by atoms with Gasteiger partial charge in [0.05, 0.1) is 0 Å². The molecule has 2 saturated heterocycles. The molecule has 0 bridgehead atoms. The molecule has 4 aliphatic rings. The second kappa shape index (κ2) is 8.91. The van der Waals surface area contributed by atoms with Gasteiger partial charge in [-0.05, 0) is 79.2 Å². The van der Waals surface area contributed by atoms with Gasteiger partial charge in [0.15, 0.2) is 0 Å². The van der Waals surface area contributed by atoms with Crippen molar-refractivity contribution < 1.29 is 0 Å². The molecule has 162 valence electrons. The minimum atomic E-state index is 0.205. The smallest absolute Gasteiger partial charge is 0.0350 e. The van der Waals surface area contributed by atoms with Gasteiger partial charge in [0.25, 0.3) is 0 Å². The highest BCUT2D eigenvalue weighted by atomic mass is 15.2. The van der Waals surface area contributed by atoms with Gasteiger partial charge in [-0.15, -0.1) is 0 Å². The van der Waals surface area contributed by atoms with Crippen LogP contribution in [-0.2, 0) is 0 Å². The van der Waals surface area contributed by atoms with Crippen molar-refractivity contribution in [3.8, 4) is 0 Å². The van der Waals surface area contributed by atoms with Crippen LogP contribution in [0, 0.1) is 11.8 Å². The Morgan fingerprint density at radius 3 is 1.83 bits per heavy atom. The fraction of sp³-hybridized carbons (Fsp3) is 0.692. The van der Waals surface area contributed by atoms with Crippen LogP contribution in [0.25, 0.3) is 0 Å². The lowest BCUT2D eigenvalue weighted by Crippen LogP contribution is -2.59. The molecular formula is C26H43N3.